The second-order valence-corrected chi connectivity index (χ2v) is 6.10. The summed E-state index contributed by atoms with van der Waals surface area (Å²) in [7, 11) is 0. The number of hydrogen-bond donors (Lipinski definition) is 2. The van der Waals surface area contributed by atoms with E-state index in [1.54, 1.807) is 0 Å². The van der Waals surface area contributed by atoms with Gasteiger partial charge in [-0.3, -0.25) is 9.69 Å². The van der Waals surface area contributed by atoms with Gasteiger partial charge in [-0.2, -0.15) is 0 Å². The standard InChI is InChI=1S/C18H29N3O.2ClH/c1-4-21(5-2)17(15-9-7-6-8-10-15)13-20-18(22)14(3)16-11-19-12-16;;/h6-10,14,16-17,19H,4-5,11-13H2,1-3H3,(H,20,22);2*1H. The van der Waals surface area contributed by atoms with Crippen LogP contribution in [0.15, 0.2) is 30.3 Å². The Balaban J connectivity index is 0.00000264. The van der Waals surface area contributed by atoms with Crippen molar-refractivity contribution in [3.63, 3.8) is 0 Å². The van der Waals surface area contributed by atoms with Gasteiger partial charge in [0.2, 0.25) is 5.91 Å². The molecule has 1 heterocycles. The summed E-state index contributed by atoms with van der Waals surface area (Å²) in [4.78, 5) is 14.7. The fraction of sp³-hybridized carbons (Fsp3) is 0.611. The summed E-state index contributed by atoms with van der Waals surface area (Å²) in [6.45, 7) is 10.9. The number of carbonyl (C=O) groups is 1. The van der Waals surface area contributed by atoms with Crippen molar-refractivity contribution in [2.24, 2.45) is 11.8 Å². The van der Waals surface area contributed by atoms with Gasteiger partial charge in [0.25, 0.3) is 0 Å². The number of nitrogens with one attached hydrogen (secondary N) is 2. The number of nitrogens with zero attached hydrogens (tertiary/aromatic N) is 1. The topological polar surface area (TPSA) is 44.4 Å². The number of amides is 1. The second kappa shape index (κ2) is 11.7. The van der Waals surface area contributed by atoms with Crippen LogP contribution in [0.3, 0.4) is 0 Å². The molecule has 138 valence electrons. The van der Waals surface area contributed by atoms with Crippen LogP contribution in [0.5, 0.6) is 0 Å². The first kappa shape index (κ1) is 23.2. The highest BCUT2D eigenvalue weighted by molar-refractivity contribution is 5.85. The van der Waals surface area contributed by atoms with Gasteiger partial charge < -0.3 is 10.6 Å². The minimum absolute atomic E-state index is 0. The van der Waals surface area contributed by atoms with E-state index in [1.165, 1.54) is 5.56 Å². The molecule has 0 aliphatic carbocycles. The minimum Gasteiger partial charge on any atom is -0.354 e. The molecule has 2 atom stereocenters. The number of carbonyl (C=O) groups excluding carboxylic acids is 1. The van der Waals surface area contributed by atoms with Crippen LogP contribution in [0.2, 0.25) is 0 Å². The zero-order valence-electron chi connectivity index (χ0n) is 14.8. The average Bonchev–Trinajstić information content (AvgIpc) is 2.50. The molecule has 2 N–H and O–H groups in total. The molecule has 1 aliphatic rings. The first-order chi connectivity index (χ1) is 10.7. The number of halogens is 2. The summed E-state index contributed by atoms with van der Waals surface area (Å²) in [5.74, 6) is 0.762. The largest absolute Gasteiger partial charge is 0.354 e. The van der Waals surface area contributed by atoms with Crippen LogP contribution in [-0.4, -0.2) is 43.5 Å². The van der Waals surface area contributed by atoms with Gasteiger partial charge in [-0.05, 0) is 37.7 Å². The summed E-state index contributed by atoms with van der Waals surface area (Å²) < 4.78 is 0. The van der Waals surface area contributed by atoms with E-state index >= 15 is 0 Å². The van der Waals surface area contributed by atoms with Crippen molar-refractivity contribution < 1.29 is 4.79 Å². The van der Waals surface area contributed by atoms with Crippen molar-refractivity contribution in [1.82, 2.24) is 15.5 Å². The van der Waals surface area contributed by atoms with Gasteiger partial charge in [0.1, 0.15) is 0 Å². The van der Waals surface area contributed by atoms with E-state index in [0.717, 1.165) is 26.2 Å². The van der Waals surface area contributed by atoms with Gasteiger partial charge in [0.05, 0.1) is 6.04 Å². The van der Waals surface area contributed by atoms with Gasteiger partial charge in [-0.1, -0.05) is 51.1 Å². The molecular formula is C18H31Cl2N3O. The molecule has 1 fully saturated rings. The maximum absolute atomic E-state index is 12.4. The number of rotatable bonds is 8. The molecule has 0 spiro atoms. The molecule has 2 rings (SSSR count). The Bertz CT molecular complexity index is 465. The first-order valence-electron chi connectivity index (χ1n) is 8.44. The molecule has 4 nitrogen and oxygen atoms in total. The van der Waals surface area contributed by atoms with Gasteiger partial charge in [-0.15, -0.1) is 24.8 Å². The predicted octanol–water partition coefficient (Wildman–Crippen LogP) is 2.88. The lowest BCUT2D eigenvalue weighted by atomic mass is 9.88. The van der Waals surface area contributed by atoms with Crippen LogP contribution in [0.1, 0.15) is 32.4 Å². The number of likely N-dealkylation sites (N-methyl/N-ethyl adjacent to an activating group) is 1. The highest BCUT2D eigenvalue weighted by Gasteiger charge is 2.29. The summed E-state index contributed by atoms with van der Waals surface area (Å²) in [5.41, 5.74) is 1.27. The van der Waals surface area contributed by atoms with E-state index in [1.807, 2.05) is 13.0 Å². The van der Waals surface area contributed by atoms with E-state index < -0.39 is 0 Å². The molecule has 0 aromatic heterocycles. The first-order valence-corrected chi connectivity index (χ1v) is 8.44. The molecule has 1 aromatic rings. The molecule has 2 unspecified atom stereocenters. The lowest BCUT2D eigenvalue weighted by molar-refractivity contribution is -0.127. The third-order valence-electron chi connectivity index (χ3n) is 4.84. The number of benzene rings is 1. The lowest BCUT2D eigenvalue weighted by Crippen LogP contribution is -2.50. The lowest BCUT2D eigenvalue weighted by Gasteiger charge is -2.33. The van der Waals surface area contributed by atoms with Crippen LogP contribution in [-0.2, 0) is 4.79 Å². The van der Waals surface area contributed by atoms with Crippen LogP contribution in [0.4, 0.5) is 0 Å². The van der Waals surface area contributed by atoms with E-state index in [0.29, 0.717) is 12.5 Å². The molecule has 24 heavy (non-hydrogen) atoms. The summed E-state index contributed by atoms with van der Waals surface area (Å²) in [5, 5.41) is 6.41. The smallest absolute Gasteiger partial charge is 0.223 e. The van der Waals surface area contributed by atoms with Gasteiger partial charge in [-0.25, -0.2) is 0 Å². The normalized spacial score (nSPS) is 16.3. The summed E-state index contributed by atoms with van der Waals surface area (Å²) in [6, 6.07) is 10.7. The fourth-order valence-corrected chi connectivity index (χ4v) is 3.03. The van der Waals surface area contributed by atoms with Crippen LogP contribution >= 0.6 is 24.8 Å². The Morgan fingerprint density at radius 2 is 1.79 bits per heavy atom. The minimum atomic E-state index is 0. The SMILES string of the molecule is CCN(CC)C(CNC(=O)C(C)C1CNC1)c1ccccc1.Cl.Cl. The van der Waals surface area contributed by atoms with Gasteiger partial charge in [0, 0.05) is 12.5 Å². The Morgan fingerprint density at radius 3 is 2.25 bits per heavy atom. The maximum atomic E-state index is 12.4. The van der Waals surface area contributed by atoms with Crippen molar-refractivity contribution in [2.45, 2.75) is 26.8 Å². The highest BCUT2D eigenvalue weighted by Crippen LogP contribution is 2.20. The molecule has 0 saturated carbocycles. The number of hydrogen-bond acceptors (Lipinski definition) is 3. The molecule has 1 aromatic carbocycles. The molecule has 1 aliphatic heterocycles. The second-order valence-electron chi connectivity index (χ2n) is 6.10. The Kier molecular flexibility index (Phi) is 11.3. The van der Waals surface area contributed by atoms with Crippen LogP contribution in [0.25, 0.3) is 0 Å². The average molecular weight is 376 g/mol. The van der Waals surface area contributed by atoms with E-state index in [4.69, 9.17) is 0 Å². The zero-order valence-corrected chi connectivity index (χ0v) is 16.5. The van der Waals surface area contributed by atoms with Gasteiger partial charge in [0.15, 0.2) is 0 Å². The highest BCUT2D eigenvalue weighted by atomic mass is 35.5. The van der Waals surface area contributed by atoms with Crippen molar-refractivity contribution >= 4 is 30.7 Å². The van der Waals surface area contributed by atoms with Gasteiger partial charge >= 0.3 is 0 Å². The molecule has 0 radical (unpaired) electrons. The Hall–Kier alpha value is -0.810. The maximum Gasteiger partial charge on any atom is 0.223 e. The fourth-order valence-electron chi connectivity index (χ4n) is 3.03. The van der Waals surface area contributed by atoms with E-state index in [9.17, 15) is 4.79 Å². The summed E-state index contributed by atoms with van der Waals surface area (Å²) >= 11 is 0. The Morgan fingerprint density at radius 1 is 1.21 bits per heavy atom. The third kappa shape index (κ3) is 5.92. The van der Waals surface area contributed by atoms with Crippen LogP contribution < -0.4 is 10.6 Å². The third-order valence-corrected chi connectivity index (χ3v) is 4.84. The monoisotopic (exact) mass is 375 g/mol. The molecule has 6 heteroatoms. The molecule has 1 saturated heterocycles. The summed E-state index contributed by atoms with van der Waals surface area (Å²) in [6.07, 6.45) is 0. The van der Waals surface area contributed by atoms with Crippen LogP contribution in [0, 0.1) is 11.8 Å². The molecular weight excluding hydrogens is 345 g/mol. The zero-order chi connectivity index (χ0) is 15.9. The van der Waals surface area contributed by atoms with Crippen molar-refractivity contribution in [1.29, 1.82) is 0 Å². The van der Waals surface area contributed by atoms with Crippen molar-refractivity contribution in [2.75, 3.05) is 32.7 Å². The molecule has 0 bridgehead atoms. The Labute approximate surface area is 158 Å². The van der Waals surface area contributed by atoms with Crippen molar-refractivity contribution in [3.8, 4) is 0 Å². The molecule has 1 amide bonds. The van der Waals surface area contributed by atoms with E-state index in [2.05, 4.69) is 53.6 Å². The van der Waals surface area contributed by atoms with Crippen molar-refractivity contribution in [3.05, 3.63) is 35.9 Å². The quantitative estimate of drug-likeness (QED) is 0.733. The van der Waals surface area contributed by atoms with E-state index in [-0.39, 0.29) is 42.7 Å². The predicted molar refractivity (Wildman–Crippen MR) is 105 cm³/mol.